The van der Waals surface area contributed by atoms with Crippen LogP contribution in [0.3, 0.4) is 0 Å². The number of amides is 1. The Morgan fingerprint density at radius 2 is 2.29 bits per heavy atom. The molecular formula is C11H17BrN2O2S. The van der Waals surface area contributed by atoms with Crippen molar-refractivity contribution in [3.05, 3.63) is 20.8 Å². The largest absolute Gasteiger partial charge is 0.383 e. The molecule has 0 spiro atoms. The van der Waals surface area contributed by atoms with Crippen LogP contribution in [0.15, 0.2) is 15.9 Å². The van der Waals surface area contributed by atoms with E-state index in [2.05, 4.69) is 26.1 Å². The molecule has 96 valence electrons. The Labute approximate surface area is 114 Å². The molecule has 1 aromatic rings. The van der Waals surface area contributed by atoms with Gasteiger partial charge in [0.05, 0.1) is 15.3 Å². The lowest BCUT2D eigenvalue weighted by atomic mass is 10.4. The zero-order chi connectivity index (χ0) is 12.7. The van der Waals surface area contributed by atoms with Gasteiger partial charge in [0, 0.05) is 26.7 Å². The number of methoxy groups -OCH3 is 1. The topological polar surface area (TPSA) is 41.6 Å². The smallest absolute Gasteiger partial charge is 0.261 e. The van der Waals surface area contributed by atoms with Crippen LogP contribution in [0, 0.1) is 0 Å². The standard InChI is InChI=1S/C11H17BrN2O2S/c1-14(7-8-16-2)6-5-13-11(15)9-3-4-10(12)17-9/h3-4H,5-8H2,1-2H3,(H,13,15). The normalized spacial score (nSPS) is 10.8. The minimum Gasteiger partial charge on any atom is -0.383 e. The molecule has 1 rings (SSSR count). The first-order valence-electron chi connectivity index (χ1n) is 5.34. The van der Waals surface area contributed by atoms with Crippen LogP contribution in [0.4, 0.5) is 0 Å². The van der Waals surface area contributed by atoms with E-state index in [-0.39, 0.29) is 5.91 Å². The van der Waals surface area contributed by atoms with E-state index in [4.69, 9.17) is 4.74 Å². The predicted molar refractivity (Wildman–Crippen MR) is 73.7 cm³/mol. The summed E-state index contributed by atoms with van der Waals surface area (Å²) in [5.41, 5.74) is 0. The van der Waals surface area contributed by atoms with Gasteiger partial charge in [0.1, 0.15) is 0 Å². The minimum absolute atomic E-state index is 0.0131. The van der Waals surface area contributed by atoms with Crippen molar-refractivity contribution < 1.29 is 9.53 Å². The lowest BCUT2D eigenvalue weighted by molar-refractivity contribution is 0.0951. The number of hydrogen-bond donors (Lipinski definition) is 1. The molecule has 0 saturated carbocycles. The summed E-state index contributed by atoms with van der Waals surface area (Å²) in [4.78, 5) is 14.5. The average Bonchev–Trinajstić information content (AvgIpc) is 2.73. The third-order valence-corrected chi connectivity index (χ3v) is 3.88. The summed E-state index contributed by atoms with van der Waals surface area (Å²) in [7, 11) is 3.69. The molecule has 1 N–H and O–H groups in total. The Morgan fingerprint density at radius 1 is 1.53 bits per heavy atom. The van der Waals surface area contributed by atoms with E-state index >= 15 is 0 Å². The third kappa shape index (κ3) is 5.63. The van der Waals surface area contributed by atoms with E-state index in [1.807, 2.05) is 19.2 Å². The van der Waals surface area contributed by atoms with E-state index in [0.717, 1.165) is 21.8 Å². The first kappa shape index (κ1) is 14.6. The molecule has 4 nitrogen and oxygen atoms in total. The Morgan fingerprint density at radius 3 is 2.88 bits per heavy atom. The Hall–Kier alpha value is -0.430. The maximum atomic E-state index is 11.7. The first-order valence-corrected chi connectivity index (χ1v) is 6.95. The molecule has 1 aromatic heterocycles. The van der Waals surface area contributed by atoms with E-state index in [9.17, 15) is 4.79 Å². The van der Waals surface area contributed by atoms with Crippen molar-refractivity contribution in [1.82, 2.24) is 10.2 Å². The highest BCUT2D eigenvalue weighted by molar-refractivity contribution is 9.11. The number of carbonyl (C=O) groups is 1. The molecule has 0 saturated heterocycles. The van der Waals surface area contributed by atoms with Crippen LogP contribution < -0.4 is 5.32 Å². The fourth-order valence-corrected chi connectivity index (χ4v) is 2.55. The van der Waals surface area contributed by atoms with Gasteiger partial charge in [0.25, 0.3) is 5.91 Å². The van der Waals surface area contributed by atoms with E-state index in [1.165, 1.54) is 11.3 Å². The Kier molecular flexibility index (Phi) is 6.72. The molecule has 1 heterocycles. The number of nitrogens with zero attached hydrogens (tertiary/aromatic N) is 1. The molecular weight excluding hydrogens is 304 g/mol. The van der Waals surface area contributed by atoms with Gasteiger partial charge in [-0.2, -0.15) is 0 Å². The number of hydrogen-bond acceptors (Lipinski definition) is 4. The van der Waals surface area contributed by atoms with Gasteiger partial charge in [-0.05, 0) is 35.1 Å². The lowest BCUT2D eigenvalue weighted by Gasteiger charge is -2.15. The number of nitrogens with one attached hydrogen (secondary N) is 1. The number of halogens is 1. The number of rotatable bonds is 7. The van der Waals surface area contributed by atoms with Crippen molar-refractivity contribution in [1.29, 1.82) is 0 Å². The van der Waals surface area contributed by atoms with Crippen molar-refractivity contribution in [3.8, 4) is 0 Å². The van der Waals surface area contributed by atoms with E-state index in [0.29, 0.717) is 13.2 Å². The zero-order valence-electron chi connectivity index (χ0n) is 10.0. The van der Waals surface area contributed by atoms with Crippen LogP contribution >= 0.6 is 27.3 Å². The van der Waals surface area contributed by atoms with Gasteiger partial charge < -0.3 is 15.0 Å². The van der Waals surface area contributed by atoms with Crippen LogP contribution in [0.5, 0.6) is 0 Å². The fourth-order valence-electron chi connectivity index (χ4n) is 1.24. The lowest BCUT2D eigenvalue weighted by Crippen LogP contribution is -2.34. The second-order valence-electron chi connectivity index (χ2n) is 3.66. The van der Waals surface area contributed by atoms with Gasteiger partial charge in [-0.15, -0.1) is 11.3 Å². The SMILES string of the molecule is COCCN(C)CCNC(=O)c1ccc(Br)s1. The van der Waals surface area contributed by atoms with Crippen LogP contribution in [0.1, 0.15) is 9.67 Å². The molecule has 0 aliphatic heterocycles. The second-order valence-corrected chi connectivity index (χ2v) is 6.12. The van der Waals surface area contributed by atoms with Crippen molar-refractivity contribution in [2.45, 2.75) is 0 Å². The summed E-state index contributed by atoms with van der Waals surface area (Å²) < 4.78 is 5.95. The maximum Gasteiger partial charge on any atom is 0.261 e. The molecule has 0 radical (unpaired) electrons. The summed E-state index contributed by atoms with van der Waals surface area (Å²) >= 11 is 4.78. The average molecular weight is 321 g/mol. The summed E-state index contributed by atoms with van der Waals surface area (Å²) in [6.07, 6.45) is 0. The summed E-state index contributed by atoms with van der Waals surface area (Å²) in [6, 6.07) is 3.70. The van der Waals surface area contributed by atoms with Crippen molar-refractivity contribution >= 4 is 33.2 Å². The summed E-state index contributed by atoms with van der Waals surface area (Å²) in [5.74, 6) is -0.0131. The monoisotopic (exact) mass is 320 g/mol. The van der Waals surface area contributed by atoms with Crippen molar-refractivity contribution in [2.24, 2.45) is 0 Å². The molecule has 0 bridgehead atoms. The molecule has 0 atom stereocenters. The van der Waals surface area contributed by atoms with Gasteiger partial charge in [-0.25, -0.2) is 0 Å². The van der Waals surface area contributed by atoms with Crippen LogP contribution in [0.25, 0.3) is 0 Å². The van der Waals surface area contributed by atoms with Crippen LogP contribution in [0.2, 0.25) is 0 Å². The van der Waals surface area contributed by atoms with Gasteiger partial charge in [-0.1, -0.05) is 0 Å². The van der Waals surface area contributed by atoms with Gasteiger partial charge in [-0.3, -0.25) is 4.79 Å². The maximum absolute atomic E-state index is 11.7. The Bertz CT molecular complexity index is 357. The van der Waals surface area contributed by atoms with E-state index < -0.39 is 0 Å². The summed E-state index contributed by atoms with van der Waals surface area (Å²) in [6.45, 7) is 3.05. The second kappa shape index (κ2) is 7.81. The fraction of sp³-hybridized carbons (Fsp3) is 0.545. The zero-order valence-corrected chi connectivity index (χ0v) is 12.4. The van der Waals surface area contributed by atoms with Crippen LogP contribution in [-0.4, -0.2) is 51.2 Å². The predicted octanol–water partition coefficient (Wildman–Crippen LogP) is 1.82. The van der Waals surface area contributed by atoms with Crippen LogP contribution in [-0.2, 0) is 4.74 Å². The van der Waals surface area contributed by atoms with Crippen molar-refractivity contribution in [3.63, 3.8) is 0 Å². The third-order valence-electron chi connectivity index (χ3n) is 2.25. The number of ether oxygens (including phenoxy) is 1. The molecule has 0 fully saturated rings. The molecule has 0 aromatic carbocycles. The summed E-state index contributed by atoms with van der Waals surface area (Å²) in [5, 5.41) is 2.89. The molecule has 17 heavy (non-hydrogen) atoms. The highest BCUT2D eigenvalue weighted by atomic mass is 79.9. The number of likely N-dealkylation sites (N-methyl/N-ethyl adjacent to an activating group) is 1. The minimum atomic E-state index is -0.0131. The number of carbonyl (C=O) groups excluding carboxylic acids is 1. The van der Waals surface area contributed by atoms with Crippen molar-refractivity contribution in [2.75, 3.05) is 40.4 Å². The first-order chi connectivity index (χ1) is 8.13. The highest BCUT2D eigenvalue weighted by Crippen LogP contribution is 2.21. The Balaban J connectivity index is 2.20. The van der Waals surface area contributed by atoms with Gasteiger partial charge in [0.15, 0.2) is 0 Å². The molecule has 1 amide bonds. The van der Waals surface area contributed by atoms with Gasteiger partial charge in [0.2, 0.25) is 0 Å². The molecule has 0 aliphatic carbocycles. The quantitative estimate of drug-likeness (QED) is 0.833. The molecule has 0 aliphatic rings. The highest BCUT2D eigenvalue weighted by Gasteiger charge is 2.07. The number of thiophene rings is 1. The van der Waals surface area contributed by atoms with E-state index in [1.54, 1.807) is 7.11 Å². The molecule has 0 unspecified atom stereocenters. The molecule has 6 heteroatoms. The van der Waals surface area contributed by atoms with Gasteiger partial charge >= 0.3 is 0 Å².